The van der Waals surface area contributed by atoms with Crippen LogP contribution in [0, 0.1) is 0 Å². The third kappa shape index (κ3) is 9.15. The molecule has 0 spiro atoms. The Morgan fingerprint density at radius 3 is 2.71 bits per heavy atom. The summed E-state index contributed by atoms with van der Waals surface area (Å²) >= 11 is 0. The molecule has 0 radical (unpaired) electrons. The maximum absolute atomic E-state index is 12.1. The molecule has 0 saturated carbocycles. The SMILES string of the molecule is CCCCCCNCCNC(=O)c1cccc(CCOC(N)=O)c1. The van der Waals surface area contributed by atoms with Crippen molar-refractivity contribution >= 4 is 12.0 Å². The summed E-state index contributed by atoms with van der Waals surface area (Å²) in [5.74, 6) is -0.0968. The van der Waals surface area contributed by atoms with Crippen LogP contribution < -0.4 is 16.4 Å². The molecule has 2 amide bonds. The van der Waals surface area contributed by atoms with Gasteiger partial charge in [0.1, 0.15) is 0 Å². The highest BCUT2D eigenvalue weighted by atomic mass is 16.5. The van der Waals surface area contributed by atoms with E-state index in [9.17, 15) is 9.59 Å². The van der Waals surface area contributed by atoms with E-state index in [-0.39, 0.29) is 12.5 Å². The van der Waals surface area contributed by atoms with Gasteiger partial charge in [0.2, 0.25) is 0 Å². The molecular formula is C18H29N3O3. The fourth-order valence-electron chi connectivity index (χ4n) is 2.31. The van der Waals surface area contributed by atoms with Crippen LogP contribution in [0.1, 0.15) is 48.5 Å². The summed E-state index contributed by atoms with van der Waals surface area (Å²) < 4.78 is 4.70. The highest BCUT2D eigenvalue weighted by Crippen LogP contribution is 2.06. The summed E-state index contributed by atoms with van der Waals surface area (Å²) in [5.41, 5.74) is 6.45. The van der Waals surface area contributed by atoms with E-state index in [0.29, 0.717) is 18.5 Å². The molecule has 0 atom stereocenters. The summed E-state index contributed by atoms with van der Waals surface area (Å²) in [6.07, 6.45) is 4.69. The zero-order valence-electron chi connectivity index (χ0n) is 14.5. The van der Waals surface area contributed by atoms with Gasteiger partial charge in [-0.05, 0) is 30.7 Å². The number of carbonyl (C=O) groups excluding carboxylic acids is 2. The van der Waals surface area contributed by atoms with Crippen molar-refractivity contribution < 1.29 is 14.3 Å². The van der Waals surface area contributed by atoms with Gasteiger partial charge in [-0.25, -0.2) is 4.79 Å². The Kier molecular flexibility index (Phi) is 10.3. The lowest BCUT2D eigenvalue weighted by Gasteiger charge is -2.08. The first-order chi connectivity index (χ1) is 11.6. The van der Waals surface area contributed by atoms with E-state index >= 15 is 0 Å². The topological polar surface area (TPSA) is 93.4 Å². The van der Waals surface area contributed by atoms with Gasteiger partial charge in [0.15, 0.2) is 0 Å². The monoisotopic (exact) mass is 335 g/mol. The van der Waals surface area contributed by atoms with E-state index < -0.39 is 6.09 Å². The van der Waals surface area contributed by atoms with Gasteiger partial charge in [0.25, 0.3) is 5.91 Å². The van der Waals surface area contributed by atoms with Crippen LogP contribution in [-0.2, 0) is 11.2 Å². The van der Waals surface area contributed by atoms with Crippen molar-refractivity contribution in [2.24, 2.45) is 5.73 Å². The van der Waals surface area contributed by atoms with Gasteiger partial charge >= 0.3 is 6.09 Å². The van der Waals surface area contributed by atoms with Crippen LogP contribution in [0.15, 0.2) is 24.3 Å². The highest BCUT2D eigenvalue weighted by molar-refractivity contribution is 5.94. The maximum Gasteiger partial charge on any atom is 0.404 e. The molecule has 0 aliphatic carbocycles. The van der Waals surface area contributed by atoms with Crippen LogP contribution >= 0.6 is 0 Å². The van der Waals surface area contributed by atoms with Crippen LogP contribution in [0.5, 0.6) is 0 Å². The molecule has 134 valence electrons. The number of benzene rings is 1. The third-order valence-corrected chi connectivity index (χ3v) is 3.62. The lowest BCUT2D eigenvalue weighted by Crippen LogP contribution is -2.32. The minimum absolute atomic E-state index is 0.0968. The smallest absolute Gasteiger partial charge is 0.404 e. The molecule has 0 fully saturated rings. The first kappa shape index (κ1) is 20.0. The van der Waals surface area contributed by atoms with E-state index in [2.05, 4.69) is 17.6 Å². The van der Waals surface area contributed by atoms with E-state index in [1.165, 1.54) is 25.7 Å². The van der Waals surface area contributed by atoms with Crippen molar-refractivity contribution in [3.05, 3.63) is 35.4 Å². The predicted octanol–water partition coefficient (Wildman–Crippen LogP) is 2.22. The molecular weight excluding hydrogens is 306 g/mol. The number of primary amides is 1. The lowest BCUT2D eigenvalue weighted by molar-refractivity contribution is 0.0953. The number of hydrogen-bond donors (Lipinski definition) is 3. The molecule has 0 aliphatic heterocycles. The fourth-order valence-corrected chi connectivity index (χ4v) is 2.31. The summed E-state index contributed by atoms with van der Waals surface area (Å²) in [7, 11) is 0. The molecule has 6 nitrogen and oxygen atoms in total. The van der Waals surface area contributed by atoms with Crippen molar-refractivity contribution in [3.63, 3.8) is 0 Å². The first-order valence-corrected chi connectivity index (χ1v) is 8.63. The van der Waals surface area contributed by atoms with Crippen molar-refractivity contribution in [1.82, 2.24) is 10.6 Å². The summed E-state index contributed by atoms with van der Waals surface area (Å²) in [5, 5.41) is 6.22. The van der Waals surface area contributed by atoms with E-state index in [1.807, 2.05) is 12.1 Å². The number of nitrogens with one attached hydrogen (secondary N) is 2. The second-order valence-corrected chi connectivity index (χ2v) is 5.68. The van der Waals surface area contributed by atoms with Crippen molar-refractivity contribution in [1.29, 1.82) is 0 Å². The normalized spacial score (nSPS) is 10.4. The second kappa shape index (κ2) is 12.4. The fraction of sp³-hybridized carbons (Fsp3) is 0.556. The second-order valence-electron chi connectivity index (χ2n) is 5.68. The van der Waals surface area contributed by atoms with Crippen LogP contribution in [0.25, 0.3) is 0 Å². The molecule has 1 rings (SSSR count). The van der Waals surface area contributed by atoms with Crippen molar-refractivity contribution in [3.8, 4) is 0 Å². The molecule has 0 aromatic heterocycles. The zero-order valence-corrected chi connectivity index (χ0v) is 14.5. The number of amides is 2. The summed E-state index contributed by atoms with van der Waals surface area (Å²) in [6.45, 7) is 4.77. The molecule has 1 aromatic rings. The van der Waals surface area contributed by atoms with E-state index in [1.54, 1.807) is 12.1 Å². The van der Waals surface area contributed by atoms with Crippen molar-refractivity contribution in [2.45, 2.75) is 39.0 Å². The number of ether oxygens (including phenoxy) is 1. The molecule has 6 heteroatoms. The Morgan fingerprint density at radius 2 is 1.96 bits per heavy atom. The van der Waals surface area contributed by atoms with Gasteiger partial charge in [-0.1, -0.05) is 38.3 Å². The van der Waals surface area contributed by atoms with Gasteiger partial charge < -0.3 is 21.1 Å². The quantitative estimate of drug-likeness (QED) is 0.511. The third-order valence-electron chi connectivity index (χ3n) is 3.62. The molecule has 0 saturated heterocycles. The van der Waals surface area contributed by atoms with Gasteiger partial charge in [-0.3, -0.25) is 4.79 Å². The number of rotatable bonds is 12. The molecule has 4 N–H and O–H groups in total. The lowest BCUT2D eigenvalue weighted by atomic mass is 10.1. The van der Waals surface area contributed by atoms with Gasteiger partial charge in [-0.15, -0.1) is 0 Å². The molecule has 1 aromatic carbocycles. The standard InChI is InChI=1S/C18H29N3O3/c1-2-3-4-5-10-20-11-12-21-17(22)16-8-6-7-15(14-16)9-13-24-18(19)23/h6-8,14,20H,2-5,9-13H2,1H3,(H2,19,23)(H,21,22). The minimum Gasteiger partial charge on any atom is -0.449 e. The Labute approximate surface area is 144 Å². The molecule has 24 heavy (non-hydrogen) atoms. The van der Waals surface area contributed by atoms with E-state index in [4.69, 9.17) is 10.5 Å². The average molecular weight is 335 g/mol. The number of nitrogens with two attached hydrogens (primary N) is 1. The Morgan fingerprint density at radius 1 is 1.12 bits per heavy atom. The number of hydrogen-bond acceptors (Lipinski definition) is 4. The van der Waals surface area contributed by atoms with Crippen LogP contribution in [0.4, 0.5) is 4.79 Å². The van der Waals surface area contributed by atoms with Crippen LogP contribution in [-0.4, -0.2) is 38.2 Å². The van der Waals surface area contributed by atoms with Crippen LogP contribution in [0.3, 0.4) is 0 Å². The largest absolute Gasteiger partial charge is 0.449 e. The molecule has 0 heterocycles. The van der Waals surface area contributed by atoms with Crippen molar-refractivity contribution in [2.75, 3.05) is 26.2 Å². The minimum atomic E-state index is -0.786. The van der Waals surface area contributed by atoms with Crippen LogP contribution in [0.2, 0.25) is 0 Å². The summed E-state index contributed by atoms with van der Waals surface area (Å²) in [4.78, 5) is 22.6. The highest BCUT2D eigenvalue weighted by Gasteiger charge is 2.06. The Bertz CT molecular complexity index is 506. The maximum atomic E-state index is 12.1. The number of unbranched alkanes of at least 4 members (excludes halogenated alkanes) is 3. The van der Waals surface area contributed by atoms with Gasteiger partial charge in [-0.2, -0.15) is 0 Å². The Hall–Kier alpha value is -2.08. The molecule has 0 unspecified atom stereocenters. The van der Waals surface area contributed by atoms with Gasteiger partial charge in [0.05, 0.1) is 6.61 Å². The predicted molar refractivity (Wildman–Crippen MR) is 95.0 cm³/mol. The zero-order chi connectivity index (χ0) is 17.6. The Balaban J connectivity index is 2.23. The molecule has 0 bridgehead atoms. The number of carbonyl (C=O) groups is 2. The average Bonchev–Trinajstić information content (AvgIpc) is 2.57. The first-order valence-electron chi connectivity index (χ1n) is 8.63. The molecule has 0 aliphatic rings. The van der Waals surface area contributed by atoms with Gasteiger partial charge in [0, 0.05) is 25.1 Å². The van der Waals surface area contributed by atoms with E-state index in [0.717, 1.165) is 18.7 Å². The summed E-state index contributed by atoms with van der Waals surface area (Å²) in [6, 6.07) is 7.28.